The lowest BCUT2D eigenvalue weighted by Gasteiger charge is -2.20. The Kier molecular flexibility index (Phi) is 4.12. The molecule has 2 nitrogen and oxygen atoms in total. The molecular weight excluding hydrogens is 246 g/mol. The van der Waals surface area contributed by atoms with Crippen molar-refractivity contribution in [2.75, 3.05) is 18.5 Å². The van der Waals surface area contributed by atoms with E-state index in [1.165, 1.54) is 18.2 Å². The first-order chi connectivity index (χ1) is 9.11. The van der Waals surface area contributed by atoms with E-state index in [0.29, 0.717) is 24.3 Å². The number of nitrogens with zero attached hydrogens (tertiary/aromatic N) is 1. The number of benzene rings is 2. The fraction of sp³-hybridized carbons (Fsp3) is 0.200. The van der Waals surface area contributed by atoms with Gasteiger partial charge in [0.2, 0.25) is 0 Å². The maximum absolute atomic E-state index is 14.0. The maximum atomic E-state index is 14.0. The van der Waals surface area contributed by atoms with Crippen LogP contribution in [0.4, 0.5) is 20.2 Å². The molecule has 0 atom stereocenters. The zero-order valence-electron chi connectivity index (χ0n) is 10.7. The van der Waals surface area contributed by atoms with Gasteiger partial charge in [0.05, 0.1) is 5.69 Å². The van der Waals surface area contributed by atoms with E-state index in [1.54, 1.807) is 30.1 Å². The highest BCUT2D eigenvalue weighted by molar-refractivity contribution is 5.63. The molecule has 0 spiro atoms. The first-order valence-electron chi connectivity index (χ1n) is 6.09. The average molecular weight is 262 g/mol. The summed E-state index contributed by atoms with van der Waals surface area (Å²) in [6, 6.07) is 11.0. The summed E-state index contributed by atoms with van der Waals surface area (Å²) in [7, 11) is 1.70. The van der Waals surface area contributed by atoms with Gasteiger partial charge in [0.15, 0.2) is 0 Å². The molecule has 0 aliphatic carbocycles. The van der Waals surface area contributed by atoms with E-state index < -0.39 is 0 Å². The zero-order chi connectivity index (χ0) is 13.8. The van der Waals surface area contributed by atoms with E-state index >= 15 is 0 Å². The van der Waals surface area contributed by atoms with Crippen LogP contribution in [0, 0.1) is 11.6 Å². The number of hydrogen-bond donors (Lipinski definition) is 1. The monoisotopic (exact) mass is 262 g/mol. The summed E-state index contributed by atoms with van der Waals surface area (Å²) in [6.07, 6.45) is 0.640. The molecule has 19 heavy (non-hydrogen) atoms. The molecule has 0 heterocycles. The minimum absolute atomic E-state index is 0.335. The Balaban J connectivity index is 2.31. The summed E-state index contributed by atoms with van der Waals surface area (Å²) < 4.78 is 27.2. The van der Waals surface area contributed by atoms with E-state index in [2.05, 4.69) is 0 Å². The second kappa shape index (κ2) is 5.80. The first-order valence-corrected chi connectivity index (χ1v) is 6.09. The lowest BCUT2D eigenvalue weighted by atomic mass is 10.1. The van der Waals surface area contributed by atoms with Crippen LogP contribution in [0.2, 0.25) is 0 Å². The predicted molar refractivity (Wildman–Crippen MR) is 73.6 cm³/mol. The van der Waals surface area contributed by atoms with Crippen LogP contribution in [0.25, 0.3) is 0 Å². The molecule has 0 amide bonds. The molecule has 2 aromatic carbocycles. The normalized spacial score (nSPS) is 10.5. The molecule has 0 saturated carbocycles. The van der Waals surface area contributed by atoms with E-state index in [0.717, 1.165) is 5.56 Å². The van der Waals surface area contributed by atoms with Crippen molar-refractivity contribution < 1.29 is 8.78 Å². The molecule has 0 unspecified atom stereocenters. The second-order valence-corrected chi connectivity index (χ2v) is 4.36. The molecule has 0 aliphatic heterocycles. The highest BCUT2D eigenvalue weighted by Crippen LogP contribution is 2.27. The van der Waals surface area contributed by atoms with Crippen LogP contribution in [-0.4, -0.2) is 13.6 Å². The lowest BCUT2D eigenvalue weighted by Crippen LogP contribution is -2.12. The lowest BCUT2D eigenvalue weighted by molar-refractivity contribution is 0.622. The summed E-state index contributed by atoms with van der Waals surface area (Å²) in [5.74, 6) is -0.678. The number of hydrogen-bond acceptors (Lipinski definition) is 2. The first kappa shape index (κ1) is 13.5. The van der Waals surface area contributed by atoms with Gasteiger partial charge in [-0.3, -0.25) is 0 Å². The van der Waals surface area contributed by atoms with Gasteiger partial charge in [0.1, 0.15) is 11.6 Å². The summed E-state index contributed by atoms with van der Waals surface area (Å²) in [4.78, 5) is 1.62. The van der Waals surface area contributed by atoms with Crippen LogP contribution in [0.1, 0.15) is 5.56 Å². The Morgan fingerprint density at radius 1 is 1.11 bits per heavy atom. The van der Waals surface area contributed by atoms with Gasteiger partial charge >= 0.3 is 0 Å². The van der Waals surface area contributed by atoms with Crippen LogP contribution in [0.3, 0.4) is 0 Å². The molecule has 4 heteroatoms. The molecule has 0 saturated heterocycles. The van der Waals surface area contributed by atoms with E-state index in [-0.39, 0.29) is 11.6 Å². The number of halogens is 2. The largest absolute Gasteiger partial charge is 0.342 e. The van der Waals surface area contributed by atoms with Crippen LogP contribution < -0.4 is 10.6 Å². The highest BCUT2D eigenvalue weighted by atomic mass is 19.1. The molecule has 2 rings (SSSR count). The van der Waals surface area contributed by atoms with Crippen LogP contribution in [-0.2, 0) is 6.42 Å². The fourth-order valence-electron chi connectivity index (χ4n) is 1.97. The minimum atomic E-state index is -0.343. The molecule has 0 fully saturated rings. The molecular formula is C15H16F2N2. The number of anilines is 2. The van der Waals surface area contributed by atoms with E-state index in [9.17, 15) is 8.78 Å². The highest BCUT2D eigenvalue weighted by Gasteiger charge is 2.10. The molecule has 0 bridgehead atoms. The van der Waals surface area contributed by atoms with Gasteiger partial charge in [-0.25, -0.2) is 8.78 Å². The van der Waals surface area contributed by atoms with Gasteiger partial charge in [-0.2, -0.15) is 0 Å². The quantitative estimate of drug-likeness (QED) is 0.916. The van der Waals surface area contributed by atoms with Crippen molar-refractivity contribution in [1.82, 2.24) is 0 Å². The van der Waals surface area contributed by atoms with Gasteiger partial charge < -0.3 is 10.6 Å². The third kappa shape index (κ3) is 3.09. The predicted octanol–water partition coefficient (Wildman–Crippen LogP) is 3.23. The summed E-state index contributed by atoms with van der Waals surface area (Å²) in [5.41, 5.74) is 7.31. The number of rotatable bonds is 4. The smallest absolute Gasteiger partial charge is 0.147 e. The molecule has 100 valence electrons. The second-order valence-electron chi connectivity index (χ2n) is 4.36. The third-order valence-electron chi connectivity index (χ3n) is 3.00. The Morgan fingerprint density at radius 3 is 2.53 bits per heavy atom. The van der Waals surface area contributed by atoms with Gasteiger partial charge in [-0.1, -0.05) is 12.1 Å². The standard InChI is InChI=1S/C15H16F2N2/c1-19(13-4-2-3-12(16)10-13)15-6-5-11(7-8-18)9-14(15)17/h2-6,9-10H,7-8,18H2,1H3. The van der Waals surface area contributed by atoms with Gasteiger partial charge in [0, 0.05) is 12.7 Å². The third-order valence-corrected chi connectivity index (χ3v) is 3.00. The zero-order valence-corrected chi connectivity index (χ0v) is 10.7. The van der Waals surface area contributed by atoms with Crippen LogP contribution in [0.15, 0.2) is 42.5 Å². The summed E-state index contributed by atoms with van der Waals surface area (Å²) in [6.45, 7) is 0.485. The number of nitrogens with two attached hydrogens (primary N) is 1. The van der Waals surface area contributed by atoms with Crippen molar-refractivity contribution in [3.05, 3.63) is 59.7 Å². The van der Waals surface area contributed by atoms with Crippen LogP contribution >= 0.6 is 0 Å². The Hall–Kier alpha value is -1.94. The van der Waals surface area contributed by atoms with Gasteiger partial charge in [0.25, 0.3) is 0 Å². The van der Waals surface area contributed by atoms with Crippen molar-refractivity contribution >= 4 is 11.4 Å². The summed E-state index contributed by atoms with van der Waals surface area (Å²) >= 11 is 0. The van der Waals surface area contributed by atoms with Crippen molar-refractivity contribution in [3.8, 4) is 0 Å². The van der Waals surface area contributed by atoms with E-state index in [1.807, 2.05) is 6.07 Å². The topological polar surface area (TPSA) is 29.3 Å². The molecule has 0 aliphatic rings. The van der Waals surface area contributed by atoms with Crippen molar-refractivity contribution in [3.63, 3.8) is 0 Å². The molecule has 0 radical (unpaired) electrons. The van der Waals surface area contributed by atoms with E-state index in [4.69, 9.17) is 5.73 Å². The van der Waals surface area contributed by atoms with Crippen molar-refractivity contribution in [2.24, 2.45) is 5.73 Å². The average Bonchev–Trinajstić information content (AvgIpc) is 2.38. The Morgan fingerprint density at radius 2 is 1.89 bits per heavy atom. The van der Waals surface area contributed by atoms with Crippen molar-refractivity contribution in [1.29, 1.82) is 0 Å². The maximum Gasteiger partial charge on any atom is 0.147 e. The van der Waals surface area contributed by atoms with Gasteiger partial charge in [-0.05, 0) is 48.9 Å². The van der Waals surface area contributed by atoms with Crippen LogP contribution in [0.5, 0.6) is 0 Å². The SMILES string of the molecule is CN(c1cccc(F)c1)c1ccc(CCN)cc1F. The van der Waals surface area contributed by atoms with Crippen molar-refractivity contribution in [2.45, 2.75) is 6.42 Å². The molecule has 2 N–H and O–H groups in total. The minimum Gasteiger partial charge on any atom is -0.342 e. The molecule has 0 aromatic heterocycles. The van der Waals surface area contributed by atoms with Gasteiger partial charge in [-0.15, -0.1) is 0 Å². The Labute approximate surface area is 111 Å². The molecule has 2 aromatic rings. The summed E-state index contributed by atoms with van der Waals surface area (Å²) in [5, 5.41) is 0. The Bertz CT molecular complexity index is 570. The fourth-order valence-corrected chi connectivity index (χ4v) is 1.97.